The topological polar surface area (TPSA) is 75.3 Å². The highest BCUT2D eigenvalue weighted by Gasteiger charge is 2.21. The van der Waals surface area contributed by atoms with Crippen molar-refractivity contribution in [3.8, 4) is 0 Å². The number of hydrogen-bond donors (Lipinski definition) is 2. The van der Waals surface area contributed by atoms with E-state index < -0.39 is 0 Å². The standard InChI is InChI=1S/C15H18N2O3/c1-3-4-9(2)15(20)10-5-6-11-12(7-10)17-14(19)8-13(18)16-11/h5-7,9H,3-4,8H2,1-2H3,(H,16,18)(H,17,19). The third-order valence-corrected chi connectivity index (χ3v) is 3.34. The molecular weight excluding hydrogens is 256 g/mol. The van der Waals surface area contributed by atoms with E-state index in [1.165, 1.54) is 0 Å². The van der Waals surface area contributed by atoms with E-state index in [2.05, 4.69) is 10.6 Å². The number of fused-ring (bicyclic) bond motifs is 1. The zero-order valence-electron chi connectivity index (χ0n) is 11.7. The number of anilines is 2. The molecule has 1 aliphatic heterocycles. The zero-order valence-corrected chi connectivity index (χ0v) is 11.7. The Kier molecular flexibility index (Phi) is 4.17. The molecule has 2 rings (SSSR count). The van der Waals surface area contributed by atoms with Crippen molar-refractivity contribution >= 4 is 29.0 Å². The first-order chi connectivity index (χ1) is 9.51. The third kappa shape index (κ3) is 3.04. The largest absolute Gasteiger partial charge is 0.324 e. The Morgan fingerprint density at radius 1 is 1.20 bits per heavy atom. The molecule has 0 aromatic heterocycles. The van der Waals surface area contributed by atoms with E-state index in [1.54, 1.807) is 18.2 Å². The lowest BCUT2D eigenvalue weighted by Gasteiger charge is -2.12. The van der Waals surface area contributed by atoms with Crippen molar-refractivity contribution in [3.63, 3.8) is 0 Å². The van der Waals surface area contributed by atoms with Crippen LogP contribution < -0.4 is 10.6 Å². The fourth-order valence-corrected chi connectivity index (χ4v) is 2.29. The molecule has 1 aromatic carbocycles. The maximum Gasteiger partial charge on any atom is 0.233 e. The van der Waals surface area contributed by atoms with E-state index in [4.69, 9.17) is 0 Å². The first-order valence-electron chi connectivity index (χ1n) is 6.79. The molecule has 0 radical (unpaired) electrons. The minimum absolute atomic E-state index is 0.0471. The summed E-state index contributed by atoms with van der Waals surface area (Å²) >= 11 is 0. The molecule has 20 heavy (non-hydrogen) atoms. The second kappa shape index (κ2) is 5.86. The Morgan fingerprint density at radius 3 is 2.50 bits per heavy atom. The first kappa shape index (κ1) is 14.2. The van der Waals surface area contributed by atoms with Crippen molar-refractivity contribution in [2.45, 2.75) is 33.1 Å². The van der Waals surface area contributed by atoms with Gasteiger partial charge in [0.25, 0.3) is 0 Å². The van der Waals surface area contributed by atoms with E-state index in [0.29, 0.717) is 16.9 Å². The van der Waals surface area contributed by atoms with Crippen LogP contribution in [0.1, 0.15) is 43.5 Å². The van der Waals surface area contributed by atoms with Crippen LogP contribution in [0, 0.1) is 5.92 Å². The van der Waals surface area contributed by atoms with E-state index in [1.807, 2.05) is 13.8 Å². The highest BCUT2D eigenvalue weighted by Crippen LogP contribution is 2.27. The molecule has 0 aliphatic carbocycles. The quantitative estimate of drug-likeness (QED) is 0.654. The molecule has 1 atom stereocenters. The number of nitrogens with one attached hydrogen (secondary N) is 2. The summed E-state index contributed by atoms with van der Waals surface area (Å²) in [5, 5.41) is 5.28. The Labute approximate surface area is 117 Å². The Morgan fingerprint density at radius 2 is 1.85 bits per heavy atom. The molecule has 5 nitrogen and oxygen atoms in total. The molecule has 2 N–H and O–H groups in total. The van der Waals surface area contributed by atoms with Gasteiger partial charge in [0, 0.05) is 11.5 Å². The molecule has 0 fully saturated rings. The maximum absolute atomic E-state index is 12.3. The van der Waals surface area contributed by atoms with Gasteiger partial charge in [-0.15, -0.1) is 0 Å². The van der Waals surface area contributed by atoms with Crippen molar-refractivity contribution in [1.29, 1.82) is 0 Å². The van der Waals surface area contributed by atoms with Crippen LogP contribution in [0.3, 0.4) is 0 Å². The van der Waals surface area contributed by atoms with Crippen molar-refractivity contribution in [2.75, 3.05) is 10.6 Å². The lowest BCUT2D eigenvalue weighted by atomic mass is 9.95. The van der Waals surface area contributed by atoms with Gasteiger partial charge in [-0.1, -0.05) is 20.3 Å². The second-order valence-corrected chi connectivity index (χ2v) is 5.09. The Bertz CT molecular complexity index is 566. The predicted octanol–water partition coefficient (Wildman–Crippen LogP) is 2.59. The third-order valence-electron chi connectivity index (χ3n) is 3.34. The maximum atomic E-state index is 12.3. The molecule has 0 spiro atoms. The summed E-state index contributed by atoms with van der Waals surface area (Å²) in [6, 6.07) is 4.98. The van der Waals surface area contributed by atoms with Gasteiger partial charge in [0.2, 0.25) is 11.8 Å². The summed E-state index contributed by atoms with van der Waals surface area (Å²) < 4.78 is 0. The number of carbonyl (C=O) groups excluding carboxylic acids is 3. The van der Waals surface area contributed by atoms with Gasteiger partial charge in [-0.25, -0.2) is 0 Å². The lowest BCUT2D eigenvalue weighted by molar-refractivity contribution is -0.123. The van der Waals surface area contributed by atoms with Gasteiger partial charge in [-0.05, 0) is 24.6 Å². The van der Waals surface area contributed by atoms with Crippen LogP contribution in [0.25, 0.3) is 0 Å². The van der Waals surface area contributed by atoms with Crippen LogP contribution >= 0.6 is 0 Å². The van der Waals surface area contributed by atoms with Gasteiger partial charge in [-0.2, -0.15) is 0 Å². The van der Waals surface area contributed by atoms with E-state index in [0.717, 1.165) is 12.8 Å². The lowest BCUT2D eigenvalue weighted by Crippen LogP contribution is -2.16. The average Bonchev–Trinajstić information content (AvgIpc) is 2.53. The minimum atomic E-state index is -0.368. The highest BCUT2D eigenvalue weighted by molar-refractivity contribution is 6.14. The van der Waals surface area contributed by atoms with Crippen LogP contribution in [0.4, 0.5) is 11.4 Å². The molecular formula is C15H18N2O3. The summed E-state index contributed by atoms with van der Waals surface area (Å²) in [5.74, 6) is -0.708. The van der Waals surface area contributed by atoms with Crippen LogP contribution in [0.5, 0.6) is 0 Å². The smallest absolute Gasteiger partial charge is 0.233 e. The number of ketones is 1. The SMILES string of the molecule is CCCC(C)C(=O)c1ccc2c(c1)NC(=O)CC(=O)N2. The summed E-state index contributed by atoms with van der Waals surface area (Å²) in [6.45, 7) is 3.94. The van der Waals surface area contributed by atoms with Crippen molar-refractivity contribution < 1.29 is 14.4 Å². The fraction of sp³-hybridized carbons (Fsp3) is 0.400. The number of carbonyl (C=O) groups is 3. The van der Waals surface area contributed by atoms with E-state index in [9.17, 15) is 14.4 Å². The molecule has 1 aromatic rings. The number of hydrogen-bond acceptors (Lipinski definition) is 3. The summed E-state index contributed by atoms with van der Waals surface area (Å²) in [6.07, 6.45) is 1.58. The first-order valence-corrected chi connectivity index (χ1v) is 6.79. The zero-order chi connectivity index (χ0) is 14.7. The number of Topliss-reactive ketones (excluding diaryl/α,β-unsaturated/α-hetero) is 1. The van der Waals surface area contributed by atoms with Gasteiger partial charge in [0.15, 0.2) is 5.78 Å². The minimum Gasteiger partial charge on any atom is -0.324 e. The molecule has 1 unspecified atom stereocenters. The van der Waals surface area contributed by atoms with Gasteiger partial charge in [0.05, 0.1) is 11.4 Å². The monoisotopic (exact) mass is 274 g/mol. The van der Waals surface area contributed by atoms with Crippen LogP contribution in [0.2, 0.25) is 0 Å². The van der Waals surface area contributed by atoms with Crippen LogP contribution in [-0.4, -0.2) is 17.6 Å². The summed E-state index contributed by atoms with van der Waals surface area (Å²) in [4.78, 5) is 35.2. The molecule has 0 bridgehead atoms. The summed E-state index contributed by atoms with van der Waals surface area (Å²) in [7, 11) is 0. The molecule has 5 heteroatoms. The Hall–Kier alpha value is -2.17. The molecule has 106 valence electrons. The van der Waals surface area contributed by atoms with Crippen molar-refractivity contribution in [2.24, 2.45) is 5.92 Å². The van der Waals surface area contributed by atoms with E-state index in [-0.39, 0.29) is 29.9 Å². The molecule has 2 amide bonds. The second-order valence-electron chi connectivity index (χ2n) is 5.09. The number of rotatable bonds is 4. The van der Waals surface area contributed by atoms with Crippen molar-refractivity contribution in [3.05, 3.63) is 23.8 Å². The number of benzene rings is 1. The molecule has 1 aliphatic rings. The van der Waals surface area contributed by atoms with Crippen molar-refractivity contribution in [1.82, 2.24) is 0 Å². The van der Waals surface area contributed by atoms with Crippen LogP contribution in [0.15, 0.2) is 18.2 Å². The van der Waals surface area contributed by atoms with E-state index >= 15 is 0 Å². The number of amides is 2. The highest BCUT2D eigenvalue weighted by atomic mass is 16.2. The van der Waals surface area contributed by atoms with Gasteiger partial charge < -0.3 is 10.6 Å². The fourth-order valence-electron chi connectivity index (χ4n) is 2.29. The summed E-state index contributed by atoms with van der Waals surface area (Å²) in [5.41, 5.74) is 1.57. The Balaban J connectivity index is 2.29. The van der Waals surface area contributed by atoms with Crippen LogP contribution in [-0.2, 0) is 9.59 Å². The molecule has 0 saturated carbocycles. The predicted molar refractivity (Wildman–Crippen MR) is 76.7 cm³/mol. The van der Waals surface area contributed by atoms with Gasteiger partial charge in [-0.3, -0.25) is 14.4 Å². The molecule has 1 heterocycles. The molecule has 0 saturated heterocycles. The van der Waals surface area contributed by atoms with Gasteiger partial charge in [0.1, 0.15) is 6.42 Å². The normalized spacial score (nSPS) is 15.7. The van der Waals surface area contributed by atoms with Gasteiger partial charge >= 0.3 is 0 Å². The average molecular weight is 274 g/mol.